The van der Waals surface area contributed by atoms with Gasteiger partial charge in [0.1, 0.15) is 6.10 Å². The van der Waals surface area contributed by atoms with Gasteiger partial charge < -0.3 is 4.74 Å². The van der Waals surface area contributed by atoms with E-state index < -0.39 is 0 Å². The number of rotatable bonds is 2. The average Bonchev–Trinajstić information content (AvgIpc) is 2.44. The van der Waals surface area contributed by atoms with Gasteiger partial charge in [-0.25, -0.2) is 4.98 Å². The van der Waals surface area contributed by atoms with Crippen molar-refractivity contribution in [2.24, 2.45) is 0 Å². The largest absolute Gasteiger partial charge is 0.474 e. The first-order valence-electron chi connectivity index (χ1n) is 5.92. The van der Waals surface area contributed by atoms with E-state index >= 15 is 0 Å². The van der Waals surface area contributed by atoms with Gasteiger partial charge >= 0.3 is 0 Å². The third kappa shape index (κ3) is 3.34. The van der Waals surface area contributed by atoms with Crippen molar-refractivity contribution in [3.8, 4) is 5.88 Å². The van der Waals surface area contributed by atoms with Gasteiger partial charge in [-0.1, -0.05) is 12.8 Å². The van der Waals surface area contributed by atoms with Crippen LogP contribution in [-0.2, 0) is 0 Å². The van der Waals surface area contributed by atoms with Crippen molar-refractivity contribution in [3.05, 3.63) is 17.0 Å². The molecule has 88 valence electrons. The smallest absolute Gasteiger partial charge is 0.225 e. The second-order valence-corrected chi connectivity index (χ2v) is 4.69. The SMILES string of the molecule is Cc1cc(OC2CCCCCC2)nc(Cl)n1. The van der Waals surface area contributed by atoms with Gasteiger partial charge in [0.25, 0.3) is 0 Å². The lowest BCUT2D eigenvalue weighted by atomic mass is 10.1. The molecule has 1 saturated carbocycles. The van der Waals surface area contributed by atoms with Gasteiger partial charge in [-0.15, -0.1) is 0 Å². The van der Waals surface area contributed by atoms with E-state index in [0.29, 0.717) is 12.0 Å². The maximum Gasteiger partial charge on any atom is 0.225 e. The first-order chi connectivity index (χ1) is 7.74. The molecule has 0 bridgehead atoms. The van der Waals surface area contributed by atoms with Crippen LogP contribution in [0.2, 0.25) is 5.28 Å². The Morgan fingerprint density at radius 1 is 1.19 bits per heavy atom. The lowest BCUT2D eigenvalue weighted by Gasteiger charge is -2.16. The van der Waals surface area contributed by atoms with Crippen LogP contribution in [0.15, 0.2) is 6.07 Å². The van der Waals surface area contributed by atoms with Crippen molar-refractivity contribution < 1.29 is 4.74 Å². The summed E-state index contributed by atoms with van der Waals surface area (Å²) in [7, 11) is 0. The predicted octanol–water partition coefficient (Wildman–Crippen LogP) is 3.54. The molecule has 0 spiro atoms. The number of aryl methyl sites for hydroxylation is 1. The number of hydrogen-bond acceptors (Lipinski definition) is 3. The van der Waals surface area contributed by atoms with Crippen molar-refractivity contribution in [1.82, 2.24) is 9.97 Å². The first kappa shape index (κ1) is 11.6. The molecule has 0 unspecified atom stereocenters. The molecule has 0 amide bonds. The Labute approximate surface area is 101 Å². The average molecular weight is 241 g/mol. The lowest BCUT2D eigenvalue weighted by molar-refractivity contribution is 0.176. The van der Waals surface area contributed by atoms with Gasteiger partial charge in [-0.2, -0.15) is 4.98 Å². The van der Waals surface area contributed by atoms with E-state index in [9.17, 15) is 0 Å². The quantitative estimate of drug-likeness (QED) is 0.586. The van der Waals surface area contributed by atoms with Gasteiger partial charge in [-0.3, -0.25) is 0 Å². The molecule has 1 aromatic rings. The van der Waals surface area contributed by atoms with Crippen molar-refractivity contribution in [2.75, 3.05) is 0 Å². The van der Waals surface area contributed by atoms with Crippen LogP contribution in [0.4, 0.5) is 0 Å². The van der Waals surface area contributed by atoms with Crippen molar-refractivity contribution in [1.29, 1.82) is 0 Å². The van der Waals surface area contributed by atoms with Gasteiger partial charge in [-0.05, 0) is 44.2 Å². The molecule has 2 rings (SSSR count). The maximum absolute atomic E-state index is 5.86. The van der Waals surface area contributed by atoms with E-state index in [-0.39, 0.29) is 5.28 Å². The fourth-order valence-corrected chi connectivity index (χ4v) is 2.31. The summed E-state index contributed by atoms with van der Waals surface area (Å²) in [6.07, 6.45) is 7.70. The summed E-state index contributed by atoms with van der Waals surface area (Å²) in [6.45, 7) is 1.90. The zero-order valence-electron chi connectivity index (χ0n) is 9.58. The number of halogens is 1. The Morgan fingerprint density at radius 3 is 2.50 bits per heavy atom. The molecule has 1 fully saturated rings. The molecule has 0 aromatic carbocycles. The summed E-state index contributed by atoms with van der Waals surface area (Å²) in [5, 5.41) is 0.267. The zero-order chi connectivity index (χ0) is 11.4. The fourth-order valence-electron chi connectivity index (χ4n) is 2.10. The molecule has 0 aliphatic heterocycles. The van der Waals surface area contributed by atoms with E-state index in [2.05, 4.69) is 9.97 Å². The standard InChI is InChI=1S/C12H17ClN2O/c1-9-8-11(15-12(13)14-9)16-10-6-4-2-3-5-7-10/h8,10H,2-7H2,1H3. The van der Waals surface area contributed by atoms with Crippen molar-refractivity contribution >= 4 is 11.6 Å². The normalized spacial score (nSPS) is 18.1. The summed E-state index contributed by atoms with van der Waals surface area (Å²) >= 11 is 5.80. The number of nitrogens with zero attached hydrogens (tertiary/aromatic N) is 2. The third-order valence-electron chi connectivity index (χ3n) is 2.89. The summed E-state index contributed by atoms with van der Waals surface area (Å²) in [4.78, 5) is 8.11. The molecule has 0 radical (unpaired) electrons. The summed E-state index contributed by atoms with van der Waals surface area (Å²) in [5.74, 6) is 0.615. The molecular weight excluding hydrogens is 224 g/mol. The third-order valence-corrected chi connectivity index (χ3v) is 3.06. The second-order valence-electron chi connectivity index (χ2n) is 4.35. The molecular formula is C12H17ClN2O. The minimum absolute atomic E-state index is 0.267. The number of aromatic nitrogens is 2. The molecule has 16 heavy (non-hydrogen) atoms. The zero-order valence-corrected chi connectivity index (χ0v) is 10.3. The molecule has 1 aliphatic carbocycles. The minimum atomic E-state index is 0.267. The molecule has 1 aliphatic rings. The monoisotopic (exact) mass is 240 g/mol. The Hall–Kier alpha value is -0.830. The molecule has 0 N–H and O–H groups in total. The summed E-state index contributed by atoms with van der Waals surface area (Å²) < 4.78 is 5.86. The highest BCUT2D eigenvalue weighted by atomic mass is 35.5. The Bertz CT molecular complexity index is 329. The minimum Gasteiger partial charge on any atom is -0.474 e. The topological polar surface area (TPSA) is 35.0 Å². The summed E-state index contributed by atoms with van der Waals surface area (Å²) in [6, 6.07) is 1.84. The van der Waals surface area contributed by atoms with E-state index in [1.165, 1.54) is 25.7 Å². The van der Waals surface area contributed by atoms with Crippen LogP contribution in [0, 0.1) is 6.92 Å². The van der Waals surface area contributed by atoms with Crippen LogP contribution >= 0.6 is 11.6 Å². The second kappa shape index (κ2) is 5.48. The number of hydrogen-bond donors (Lipinski definition) is 0. The highest BCUT2D eigenvalue weighted by molar-refractivity contribution is 6.28. The first-order valence-corrected chi connectivity index (χ1v) is 6.30. The molecule has 0 atom stereocenters. The van der Waals surface area contributed by atoms with Crippen LogP contribution in [0.3, 0.4) is 0 Å². The van der Waals surface area contributed by atoms with Crippen molar-refractivity contribution in [3.63, 3.8) is 0 Å². The Kier molecular flexibility index (Phi) is 3.99. The van der Waals surface area contributed by atoms with Crippen molar-refractivity contribution in [2.45, 2.75) is 51.6 Å². The van der Waals surface area contributed by atoms with Crippen LogP contribution in [0.5, 0.6) is 5.88 Å². The highest BCUT2D eigenvalue weighted by Gasteiger charge is 2.14. The van der Waals surface area contributed by atoms with Gasteiger partial charge in [0.05, 0.1) is 0 Å². The molecule has 4 heteroatoms. The summed E-state index contributed by atoms with van der Waals surface area (Å²) in [5.41, 5.74) is 0.851. The molecule has 1 aromatic heterocycles. The highest BCUT2D eigenvalue weighted by Crippen LogP contribution is 2.22. The lowest BCUT2D eigenvalue weighted by Crippen LogP contribution is -2.16. The molecule has 1 heterocycles. The van der Waals surface area contributed by atoms with Gasteiger partial charge in [0.2, 0.25) is 11.2 Å². The van der Waals surface area contributed by atoms with Crippen LogP contribution in [0.1, 0.15) is 44.2 Å². The van der Waals surface area contributed by atoms with Crippen LogP contribution in [0.25, 0.3) is 0 Å². The van der Waals surface area contributed by atoms with E-state index in [1.807, 2.05) is 13.0 Å². The fraction of sp³-hybridized carbons (Fsp3) is 0.667. The van der Waals surface area contributed by atoms with E-state index in [0.717, 1.165) is 18.5 Å². The maximum atomic E-state index is 5.86. The van der Waals surface area contributed by atoms with E-state index in [4.69, 9.17) is 16.3 Å². The Morgan fingerprint density at radius 2 is 1.88 bits per heavy atom. The molecule has 0 saturated heterocycles. The Balaban J connectivity index is 2.01. The van der Waals surface area contributed by atoms with Gasteiger partial charge in [0.15, 0.2) is 0 Å². The number of ether oxygens (including phenoxy) is 1. The molecule has 3 nitrogen and oxygen atoms in total. The predicted molar refractivity (Wildman–Crippen MR) is 63.9 cm³/mol. The van der Waals surface area contributed by atoms with Crippen LogP contribution < -0.4 is 4.74 Å². The van der Waals surface area contributed by atoms with Crippen LogP contribution in [-0.4, -0.2) is 16.1 Å². The van der Waals surface area contributed by atoms with Gasteiger partial charge in [0, 0.05) is 11.8 Å². The van der Waals surface area contributed by atoms with E-state index in [1.54, 1.807) is 0 Å².